The first kappa shape index (κ1) is 10.3. The molecule has 70 valence electrons. The lowest BCUT2D eigenvalue weighted by atomic mass is 10.2. The van der Waals surface area contributed by atoms with Crippen molar-refractivity contribution in [2.24, 2.45) is 0 Å². The summed E-state index contributed by atoms with van der Waals surface area (Å²) >= 11 is 1.80. The lowest BCUT2D eigenvalue weighted by molar-refractivity contribution is -0.147. The van der Waals surface area contributed by atoms with Crippen molar-refractivity contribution in [1.29, 1.82) is 0 Å². The van der Waals surface area contributed by atoms with E-state index in [0.29, 0.717) is 3.57 Å². The number of rotatable bonds is 2. The Balaban J connectivity index is 3.07. The Morgan fingerprint density at radius 1 is 1.62 bits per heavy atom. The van der Waals surface area contributed by atoms with Crippen LogP contribution >= 0.6 is 22.6 Å². The molecule has 0 aliphatic carbocycles. The van der Waals surface area contributed by atoms with E-state index in [9.17, 15) is 9.18 Å². The van der Waals surface area contributed by atoms with E-state index in [1.54, 1.807) is 22.6 Å². The molecule has 1 aromatic heterocycles. The van der Waals surface area contributed by atoms with E-state index < -0.39 is 18.0 Å². The second-order valence-corrected chi connectivity index (χ2v) is 3.52. The van der Waals surface area contributed by atoms with E-state index in [4.69, 9.17) is 10.2 Å². The van der Waals surface area contributed by atoms with E-state index in [1.807, 2.05) is 0 Å². The molecule has 0 saturated heterocycles. The Labute approximate surface area is 86.6 Å². The van der Waals surface area contributed by atoms with E-state index in [0.717, 1.165) is 6.07 Å². The molecule has 2 N–H and O–H groups in total. The van der Waals surface area contributed by atoms with Crippen LogP contribution in [0.1, 0.15) is 11.8 Å². The Morgan fingerprint density at radius 3 is 2.69 bits per heavy atom. The first-order valence-electron chi connectivity index (χ1n) is 3.24. The molecule has 0 aliphatic heterocycles. The minimum absolute atomic E-state index is 0.197. The van der Waals surface area contributed by atoms with Crippen LogP contribution in [0.4, 0.5) is 4.39 Å². The van der Waals surface area contributed by atoms with Crippen molar-refractivity contribution in [3.05, 3.63) is 27.3 Å². The van der Waals surface area contributed by atoms with Gasteiger partial charge in [-0.25, -0.2) is 9.78 Å². The predicted octanol–water partition coefficient (Wildman–Crippen LogP) is 0.943. The molecule has 0 bridgehead atoms. The van der Waals surface area contributed by atoms with Gasteiger partial charge in [0.05, 0.1) is 5.69 Å². The lowest BCUT2D eigenvalue weighted by Crippen LogP contribution is -2.12. The van der Waals surface area contributed by atoms with Crippen LogP contribution in [-0.4, -0.2) is 21.2 Å². The lowest BCUT2D eigenvalue weighted by Gasteiger charge is -2.04. The topological polar surface area (TPSA) is 70.4 Å². The third-order valence-corrected chi connectivity index (χ3v) is 1.92. The zero-order chi connectivity index (χ0) is 10.0. The third-order valence-electron chi connectivity index (χ3n) is 1.29. The van der Waals surface area contributed by atoms with Crippen molar-refractivity contribution in [3.63, 3.8) is 0 Å². The molecule has 1 aromatic rings. The first-order valence-corrected chi connectivity index (χ1v) is 4.32. The van der Waals surface area contributed by atoms with Crippen molar-refractivity contribution in [3.8, 4) is 0 Å². The Hall–Kier alpha value is -0.760. The fraction of sp³-hybridized carbons (Fsp3) is 0.143. The smallest absolute Gasteiger partial charge is 0.338 e. The van der Waals surface area contributed by atoms with Crippen LogP contribution in [-0.2, 0) is 4.79 Å². The second-order valence-electron chi connectivity index (χ2n) is 2.27. The molecule has 0 amide bonds. The summed E-state index contributed by atoms with van der Waals surface area (Å²) in [4.78, 5) is 13.6. The molecule has 0 radical (unpaired) electrons. The molecule has 1 atom stereocenters. The predicted molar refractivity (Wildman–Crippen MR) is 49.5 cm³/mol. The van der Waals surface area contributed by atoms with Crippen LogP contribution in [0.15, 0.2) is 12.1 Å². The highest BCUT2D eigenvalue weighted by Gasteiger charge is 2.18. The van der Waals surface area contributed by atoms with Crippen molar-refractivity contribution in [1.82, 2.24) is 4.98 Å². The van der Waals surface area contributed by atoms with Crippen LogP contribution in [0.2, 0.25) is 0 Å². The van der Waals surface area contributed by atoms with E-state index in [2.05, 4.69) is 4.98 Å². The average molecular weight is 297 g/mol. The van der Waals surface area contributed by atoms with E-state index in [1.165, 1.54) is 6.07 Å². The molecule has 4 nitrogen and oxygen atoms in total. The molecule has 1 heterocycles. The van der Waals surface area contributed by atoms with Gasteiger partial charge in [-0.15, -0.1) is 0 Å². The van der Waals surface area contributed by atoms with Gasteiger partial charge in [0.1, 0.15) is 0 Å². The molecular formula is C7H5FINO3. The standard InChI is InChI=1S/C7H5FINO3/c8-5-2-3(9)1-4(10-5)6(11)7(12)13/h1-2,6,11H,(H,12,13). The highest BCUT2D eigenvalue weighted by molar-refractivity contribution is 14.1. The highest BCUT2D eigenvalue weighted by atomic mass is 127. The van der Waals surface area contributed by atoms with E-state index >= 15 is 0 Å². The summed E-state index contributed by atoms with van der Waals surface area (Å²) in [6.07, 6.45) is -1.77. The number of halogens is 2. The molecule has 0 aliphatic rings. The van der Waals surface area contributed by atoms with Crippen LogP contribution < -0.4 is 0 Å². The van der Waals surface area contributed by atoms with Gasteiger partial charge < -0.3 is 10.2 Å². The van der Waals surface area contributed by atoms with Crippen molar-refractivity contribution in [2.75, 3.05) is 0 Å². The molecule has 1 rings (SSSR count). The minimum Gasteiger partial charge on any atom is -0.479 e. The number of aliphatic hydroxyl groups is 1. The molecule has 0 spiro atoms. The van der Waals surface area contributed by atoms with Crippen LogP contribution in [0, 0.1) is 9.52 Å². The van der Waals surface area contributed by atoms with Gasteiger partial charge >= 0.3 is 5.97 Å². The molecule has 0 saturated carbocycles. The van der Waals surface area contributed by atoms with Gasteiger partial charge in [-0.05, 0) is 28.7 Å². The van der Waals surface area contributed by atoms with Gasteiger partial charge in [0.15, 0.2) is 6.10 Å². The minimum atomic E-state index is -1.77. The molecule has 0 fully saturated rings. The summed E-state index contributed by atoms with van der Waals surface area (Å²) in [6.45, 7) is 0. The van der Waals surface area contributed by atoms with Crippen LogP contribution in [0.3, 0.4) is 0 Å². The normalized spacial score (nSPS) is 12.5. The van der Waals surface area contributed by atoms with Crippen LogP contribution in [0.5, 0.6) is 0 Å². The number of carboxylic acids is 1. The number of nitrogens with zero attached hydrogens (tertiary/aromatic N) is 1. The number of carboxylic acid groups (broad SMARTS) is 1. The van der Waals surface area contributed by atoms with E-state index in [-0.39, 0.29) is 5.69 Å². The van der Waals surface area contributed by atoms with Gasteiger partial charge in [-0.1, -0.05) is 0 Å². The summed E-state index contributed by atoms with van der Waals surface area (Å²) in [5.74, 6) is -2.25. The zero-order valence-electron chi connectivity index (χ0n) is 6.24. The van der Waals surface area contributed by atoms with Crippen LogP contribution in [0.25, 0.3) is 0 Å². The van der Waals surface area contributed by atoms with Crippen molar-refractivity contribution < 1.29 is 19.4 Å². The number of pyridine rings is 1. The number of aliphatic carboxylic acids is 1. The molecule has 13 heavy (non-hydrogen) atoms. The second kappa shape index (κ2) is 3.97. The maximum Gasteiger partial charge on any atom is 0.338 e. The Morgan fingerprint density at radius 2 is 2.23 bits per heavy atom. The summed E-state index contributed by atoms with van der Waals surface area (Å²) in [7, 11) is 0. The number of carbonyl (C=O) groups is 1. The van der Waals surface area contributed by atoms with Gasteiger partial charge in [0.25, 0.3) is 0 Å². The fourth-order valence-electron chi connectivity index (χ4n) is 0.751. The summed E-state index contributed by atoms with van der Waals surface area (Å²) in [6, 6.07) is 2.45. The SMILES string of the molecule is O=C(O)C(O)c1cc(I)cc(F)n1. The molecule has 1 unspecified atom stereocenters. The van der Waals surface area contributed by atoms with Gasteiger partial charge in [0.2, 0.25) is 5.95 Å². The largest absolute Gasteiger partial charge is 0.479 e. The van der Waals surface area contributed by atoms with Gasteiger partial charge in [-0.3, -0.25) is 0 Å². The van der Waals surface area contributed by atoms with Crippen molar-refractivity contribution >= 4 is 28.6 Å². The first-order chi connectivity index (χ1) is 6.00. The fourth-order valence-corrected chi connectivity index (χ4v) is 1.33. The maximum atomic E-state index is 12.6. The quantitative estimate of drug-likeness (QED) is 0.629. The van der Waals surface area contributed by atoms with Gasteiger partial charge in [-0.2, -0.15) is 4.39 Å². The number of hydrogen-bond donors (Lipinski definition) is 2. The number of aromatic nitrogens is 1. The molecular weight excluding hydrogens is 292 g/mol. The Bertz CT molecular complexity index is 324. The summed E-state index contributed by atoms with van der Waals surface area (Å²) in [5, 5.41) is 17.4. The molecule has 0 aromatic carbocycles. The zero-order valence-corrected chi connectivity index (χ0v) is 8.40. The number of hydrogen-bond acceptors (Lipinski definition) is 3. The molecule has 6 heteroatoms. The number of aliphatic hydroxyl groups excluding tert-OH is 1. The summed E-state index contributed by atoms with van der Waals surface area (Å²) < 4.78 is 13.1. The average Bonchev–Trinajstić information content (AvgIpc) is 2.01. The summed E-state index contributed by atoms with van der Waals surface area (Å²) in [5.41, 5.74) is -0.197. The monoisotopic (exact) mass is 297 g/mol. The van der Waals surface area contributed by atoms with Gasteiger partial charge in [0, 0.05) is 9.64 Å². The third kappa shape index (κ3) is 2.59. The maximum absolute atomic E-state index is 12.6. The Kier molecular flexibility index (Phi) is 3.15. The van der Waals surface area contributed by atoms with Crippen molar-refractivity contribution in [2.45, 2.75) is 6.10 Å². The highest BCUT2D eigenvalue weighted by Crippen LogP contribution is 2.14.